The van der Waals surface area contributed by atoms with E-state index in [1.165, 1.54) is 0 Å². The van der Waals surface area contributed by atoms with Crippen molar-refractivity contribution in [3.8, 4) is 0 Å². The number of hydrogen-bond acceptors (Lipinski definition) is 4. The van der Waals surface area contributed by atoms with E-state index in [-0.39, 0.29) is 23.9 Å². The quantitative estimate of drug-likeness (QED) is 0.805. The first-order valence-electron chi connectivity index (χ1n) is 10.0. The van der Waals surface area contributed by atoms with Crippen molar-refractivity contribution in [3.63, 3.8) is 0 Å². The van der Waals surface area contributed by atoms with Gasteiger partial charge in [0.05, 0.1) is 36.2 Å². The molecule has 3 aliphatic rings. The second-order valence-corrected chi connectivity index (χ2v) is 8.58. The standard InChI is InChI=1S/C22H25N3O3/c1-13(2)18-12-28-22-7-9-24(19(22)11-20(26)25(18)22)21(27)15-6-8-23-17-5-4-14(3)10-16(15)17/h4-6,8,10,13,18-19H,7,9,11-12H2,1-3H3/t18-,19+,22-/m0/s1. The average Bonchev–Trinajstić information content (AvgIpc) is 3.29. The van der Waals surface area contributed by atoms with Gasteiger partial charge >= 0.3 is 0 Å². The highest BCUT2D eigenvalue weighted by molar-refractivity contribution is 6.06. The van der Waals surface area contributed by atoms with Gasteiger partial charge < -0.3 is 14.5 Å². The first-order valence-corrected chi connectivity index (χ1v) is 10.0. The summed E-state index contributed by atoms with van der Waals surface area (Å²) >= 11 is 0. The SMILES string of the molecule is Cc1ccc2nccc(C(=O)N3CC[C@@]45OC[C@@H](C(C)C)N4C(=O)C[C@@H]35)c2c1. The molecular formula is C22H25N3O3. The van der Waals surface area contributed by atoms with Crippen molar-refractivity contribution in [3.05, 3.63) is 41.6 Å². The summed E-state index contributed by atoms with van der Waals surface area (Å²) in [7, 11) is 0. The molecule has 3 saturated heterocycles. The van der Waals surface area contributed by atoms with Gasteiger partial charge in [0.25, 0.3) is 5.91 Å². The summed E-state index contributed by atoms with van der Waals surface area (Å²) in [4.78, 5) is 34.6. The van der Waals surface area contributed by atoms with Crippen LogP contribution in [0.25, 0.3) is 10.9 Å². The summed E-state index contributed by atoms with van der Waals surface area (Å²) in [6.45, 7) is 7.42. The predicted octanol–water partition coefficient (Wildman–Crippen LogP) is 2.74. The zero-order valence-electron chi connectivity index (χ0n) is 16.5. The number of pyridine rings is 1. The molecule has 3 fully saturated rings. The Balaban J connectivity index is 1.52. The lowest BCUT2D eigenvalue weighted by Crippen LogP contribution is -2.51. The van der Waals surface area contributed by atoms with Crippen molar-refractivity contribution in [2.45, 2.75) is 51.4 Å². The molecule has 0 radical (unpaired) electrons. The molecule has 28 heavy (non-hydrogen) atoms. The number of likely N-dealkylation sites (tertiary alicyclic amines) is 1. The number of amides is 2. The maximum Gasteiger partial charge on any atom is 0.255 e. The van der Waals surface area contributed by atoms with Crippen LogP contribution in [0, 0.1) is 12.8 Å². The van der Waals surface area contributed by atoms with Crippen molar-refractivity contribution in [2.24, 2.45) is 5.92 Å². The van der Waals surface area contributed by atoms with Crippen LogP contribution >= 0.6 is 0 Å². The van der Waals surface area contributed by atoms with E-state index in [1.807, 2.05) is 34.9 Å². The first-order chi connectivity index (χ1) is 13.4. The molecule has 3 atom stereocenters. The van der Waals surface area contributed by atoms with Gasteiger partial charge in [-0.15, -0.1) is 0 Å². The van der Waals surface area contributed by atoms with Gasteiger partial charge in [0.15, 0.2) is 5.72 Å². The van der Waals surface area contributed by atoms with Crippen LogP contribution in [0.3, 0.4) is 0 Å². The van der Waals surface area contributed by atoms with Crippen molar-refractivity contribution in [2.75, 3.05) is 13.2 Å². The first kappa shape index (κ1) is 17.6. The molecule has 5 rings (SSSR count). The average molecular weight is 379 g/mol. The smallest absolute Gasteiger partial charge is 0.255 e. The Kier molecular flexibility index (Phi) is 3.78. The summed E-state index contributed by atoms with van der Waals surface area (Å²) in [5.74, 6) is 0.402. The minimum Gasteiger partial charge on any atom is -0.351 e. The zero-order chi connectivity index (χ0) is 19.6. The van der Waals surface area contributed by atoms with Gasteiger partial charge in [0.2, 0.25) is 5.91 Å². The number of carbonyl (C=O) groups excluding carboxylic acids is 2. The van der Waals surface area contributed by atoms with E-state index >= 15 is 0 Å². The van der Waals surface area contributed by atoms with E-state index in [0.29, 0.717) is 37.5 Å². The van der Waals surface area contributed by atoms with Crippen molar-refractivity contribution in [1.82, 2.24) is 14.8 Å². The number of nitrogens with zero attached hydrogens (tertiary/aromatic N) is 3. The molecule has 0 N–H and O–H groups in total. The summed E-state index contributed by atoms with van der Waals surface area (Å²) in [5, 5.41) is 0.863. The van der Waals surface area contributed by atoms with Gasteiger partial charge in [0.1, 0.15) is 0 Å². The molecule has 0 unspecified atom stereocenters. The van der Waals surface area contributed by atoms with E-state index in [0.717, 1.165) is 16.5 Å². The normalized spacial score (nSPS) is 29.1. The van der Waals surface area contributed by atoms with Gasteiger partial charge in [-0.25, -0.2) is 0 Å². The third kappa shape index (κ3) is 2.27. The molecule has 1 aromatic carbocycles. The van der Waals surface area contributed by atoms with E-state index in [2.05, 4.69) is 18.8 Å². The molecule has 1 aromatic heterocycles. The van der Waals surface area contributed by atoms with Gasteiger partial charge in [-0.05, 0) is 31.0 Å². The number of aryl methyl sites for hydroxylation is 1. The number of benzene rings is 1. The Bertz CT molecular complexity index is 988. The maximum atomic E-state index is 13.5. The molecule has 2 aromatic rings. The minimum absolute atomic E-state index is 0.0360. The molecule has 4 heterocycles. The molecule has 146 valence electrons. The number of aromatic nitrogens is 1. The third-order valence-electron chi connectivity index (χ3n) is 6.65. The molecule has 1 spiro atoms. The van der Waals surface area contributed by atoms with Crippen LogP contribution in [0.5, 0.6) is 0 Å². The Hall–Kier alpha value is -2.47. The van der Waals surface area contributed by atoms with Gasteiger partial charge in [-0.2, -0.15) is 0 Å². The summed E-state index contributed by atoms with van der Waals surface area (Å²) in [5.41, 5.74) is 1.91. The van der Waals surface area contributed by atoms with Crippen molar-refractivity contribution in [1.29, 1.82) is 0 Å². The molecular weight excluding hydrogens is 354 g/mol. The summed E-state index contributed by atoms with van der Waals surface area (Å²) in [6.07, 6.45) is 2.71. The number of fused-ring (bicyclic) bond motifs is 1. The lowest BCUT2D eigenvalue weighted by Gasteiger charge is -2.34. The highest BCUT2D eigenvalue weighted by Gasteiger charge is 2.65. The Morgan fingerprint density at radius 1 is 1.32 bits per heavy atom. The second kappa shape index (κ2) is 6.01. The topological polar surface area (TPSA) is 62.7 Å². The van der Waals surface area contributed by atoms with Crippen LogP contribution in [0.4, 0.5) is 0 Å². The van der Waals surface area contributed by atoms with Gasteiger partial charge in [-0.1, -0.05) is 25.5 Å². The molecule has 6 nitrogen and oxygen atoms in total. The van der Waals surface area contributed by atoms with Crippen LogP contribution < -0.4 is 0 Å². The minimum atomic E-state index is -0.638. The monoisotopic (exact) mass is 379 g/mol. The second-order valence-electron chi connectivity index (χ2n) is 8.58. The fourth-order valence-corrected chi connectivity index (χ4v) is 5.21. The van der Waals surface area contributed by atoms with Crippen LogP contribution in [-0.4, -0.2) is 57.6 Å². The van der Waals surface area contributed by atoms with Gasteiger partial charge in [-0.3, -0.25) is 14.6 Å². The van der Waals surface area contributed by atoms with E-state index < -0.39 is 5.72 Å². The number of hydrogen-bond donors (Lipinski definition) is 0. The largest absolute Gasteiger partial charge is 0.351 e. The molecule has 0 aliphatic carbocycles. The summed E-state index contributed by atoms with van der Waals surface area (Å²) in [6, 6.07) is 7.62. The lowest BCUT2D eigenvalue weighted by atomic mass is 10.0. The van der Waals surface area contributed by atoms with Crippen molar-refractivity contribution >= 4 is 22.7 Å². The van der Waals surface area contributed by atoms with Gasteiger partial charge in [0, 0.05) is 24.5 Å². The highest BCUT2D eigenvalue weighted by atomic mass is 16.5. The van der Waals surface area contributed by atoms with E-state index in [4.69, 9.17) is 4.74 Å². The van der Waals surface area contributed by atoms with E-state index in [9.17, 15) is 9.59 Å². The molecule has 3 aliphatic heterocycles. The highest BCUT2D eigenvalue weighted by Crippen LogP contribution is 2.49. The van der Waals surface area contributed by atoms with Crippen LogP contribution in [0.15, 0.2) is 30.5 Å². The zero-order valence-corrected chi connectivity index (χ0v) is 16.5. The van der Waals surface area contributed by atoms with Crippen LogP contribution in [0.1, 0.15) is 42.6 Å². The Morgan fingerprint density at radius 2 is 2.14 bits per heavy atom. The van der Waals surface area contributed by atoms with Crippen LogP contribution in [-0.2, 0) is 9.53 Å². The molecule has 0 saturated carbocycles. The Morgan fingerprint density at radius 3 is 2.93 bits per heavy atom. The molecule has 6 heteroatoms. The lowest BCUT2D eigenvalue weighted by molar-refractivity contribution is -0.139. The fourth-order valence-electron chi connectivity index (χ4n) is 5.21. The van der Waals surface area contributed by atoms with Crippen LogP contribution in [0.2, 0.25) is 0 Å². The number of ether oxygens (including phenoxy) is 1. The third-order valence-corrected chi connectivity index (χ3v) is 6.65. The van der Waals surface area contributed by atoms with Crippen molar-refractivity contribution < 1.29 is 14.3 Å². The number of rotatable bonds is 2. The molecule has 2 amide bonds. The molecule has 0 bridgehead atoms. The maximum absolute atomic E-state index is 13.5. The predicted molar refractivity (Wildman–Crippen MR) is 105 cm³/mol. The number of carbonyl (C=O) groups is 2. The summed E-state index contributed by atoms with van der Waals surface area (Å²) < 4.78 is 6.25. The fraction of sp³-hybridized carbons (Fsp3) is 0.500. The van der Waals surface area contributed by atoms with E-state index in [1.54, 1.807) is 12.3 Å². The Labute approximate surface area is 164 Å².